The van der Waals surface area contributed by atoms with Crippen LogP contribution < -0.4 is 10.0 Å². The fourth-order valence-electron chi connectivity index (χ4n) is 1.49. The van der Waals surface area contributed by atoms with Gasteiger partial charge in [-0.15, -0.1) is 0 Å². The summed E-state index contributed by atoms with van der Waals surface area (Å²) in [6.45, 7) is 1.58. The molecule has 1 aromatic carbocycles. The number of nitrogens with one attached hydrogen (secondary N) is 2. The first kappa shape index (κ1) is 17.0. The molecule has 0 atom stereocenters. The highest BCUT2D eigenvalue weighted by Gasteiger charge is 2.17. The lowest BCUT2D eigenvalue weighted by Gasteiger charge is -2.07. The lowest BCUT2D eigenvalue weighted by Crippen LogP contribution is -2.34. The number of sulfonamides is 1. The largest absolute Gasteiger partial charge is 0.351 e. The molecule has 0 radical (unpaired) electrons. The molecule has 2 N–H and O–H groups in total. The van der Waals surface area contributed by atoms with Crippen molar-refractivity contribution in [2.45, 2.75) is 6.92 Å². The van der Waals surface area contributed by atoms with Crippen LogP contribution in [-0.2, 0) is 10.0 Å². The lowest BCUT2D eigenvalue weighted by molar-refractivity contribution is -0.384. The van der Waals surface area contributed by atoms with E-state index in [1.54, 1.807) is 6.92 Å². The third-order valence-corrected chi connectivity index (χ3v) is 3.90. The first-order valence-electron chi connectivity index (χ1n) is 5.96. The molecule has 0 aliphatic rings. The SMILES string of the molecule is CCNS(=O)(=O)CCNC(=O)c1cc([N+](=O)[O-])ccc1F. The third kappa shape index (κ3) is 5.08. The van der Waals surface area contributed by atoms with Crippen LogP contribution >= 0.6 is 0 Å². The van der Waals surface area contributed by atoms with E-state index in [0.717, 1.165) is 18.2 Å². The van der Waals surface area contributed by atoms with E-state index in [1.165, 1.54) is 0 Å². The number of amides is 1. The van der Waals surface area contributed by atoms with Crippen molar-refractivity contribution in [2.75, 3.05) is 18.8 Å². The highest BCUT2D eigenvalue weighted by atomic mass is 32.2. The number of hydrogen-bond donors (Lipinski definition) is 2. The predicted octanol–water partition coefficient (Wildman–Crippen LogP) is 0.403. The number of benzene rings is 1. The van der Waals surface area contributed by atoms with Crippen molar-refractivity contribution in [3.63, 3.8) is 0 Å². The van der Waals surface area contributed by atoms with Gasteiger partial charge in [0.05, 0.1) is 16.2 Å². The molecule has 1 aromatic rings. The molecule has 0 saturated heterocycles. The van der Waals surface area contributed by atoms with Crippen LogP contribution in [0, 0.1) is 15.9 Å². The van der Waals surface area contributed by atoms with Gasteiger partial charge in [0.2, 0.25) is 10.0 Å². The summed E-state index contributed by atoms with van der Waals surface area (Å²) < 4.78 is 38.3. The molecule has 0 aromatic heterocycles. The molecule has 0 fully saturated rings. The summed E-state index contributed by atoms with van der Waals surface area (Å²) in [5, 5.41) is 12.8. The van der Waals surface area contributed by atoms with E-state index < -0.39 is 37.9 Å². The maximum Gasteiger partial charge on any atom is 0.270 e. The van der Waals surface area contributed by atoms with Crippen LogP contribution in [0.3, 0.4) is 0 Å². The van der Waals surface area contributed by atoms with Gasteiger partial charge < -0.3 is 5.32 Å². The molecular weight excluding hydrogens is 305 g/mol. The fraction of sp³-hybridized carbons (Fsp3) is 0.364. The topological polar surface area (TPSA) is 118 Å². The number of non-ortho nitro benzene ring substituents is 1. The van der Waals surface area contributed by atoms with Gasteiger partial charge in [0.1, 0.15) is 5.82 Å². The number of hydrogen-bond acceptors (Lipinski definition) is 5. The zero-order valence-electron chi connectivity index (χ0n) is 11.1. The Morgan fingerprint density at radius 3 is 2.67 bits per heavy atom. The van der Waals surface area contributed by atoms with Crippen LogP contribution in [0.15, 0.2) is 18.2 Å². The van der Waals surface area contributed by atoms with Crippen molar-refractivity contribution < 1.29 is 22.5 Å². The smallest absolute Gasteiger partial charge is 0.270 e. The maximum atomic E-state index is 13.5. The fourth-order valence-corrected chi connectivity index (χ4v) is 2.44. The van der Waals surface area contributed by atoms with E-state index in [4.69, 9.17) is 0 Å². The molecule has 0 aliphatic carbocycles. The van der Waals surface area contributed by atoms with E-state index in [0.29, 0.717) is 0 Å². The Hall–Kier alpha value is -2.07. The molecule has 0 bridgehead atoms. The minimum Gasteiger partial charge on any atom is -0.351 e. The molecule has 116 valence electrons. The molecule has 0 saturated carbocycles. The van der Waals surface area contributed by atoms with Crippen LogP contribution in [0.1, 0.15) is 17.3 Å². The van der Waals surface area contributed by atoms with Crippen molar-refractivity contribution in [3.8, 4) is 0 Å². The van der Waals surface area contributed by atoms with Gasteiger partial charge in [0, 0.05) is 25.2 Å². The number of nitro groups is 1. The van der Waals surface area contributed by atoms with E-state index >= 15 is 0 Å². The zero-order chi connectivity index (χ0) is 16.0. The van der Waals surface area contributed by atoms with Gasteiger partial charge in [-0.25, -0.2) is 17.5 Å². The Morgan fingerprint density at radius 1 is 1.43 bits per heavy atom. The molecule has 0 unspecified atom stereocenters. The molecule has 8 nitrogen and oxygen atoms in total. The summed E-state index contributed by atoms with van der Waals surface area (Å²) in [6.07, 6.45) is 0. The van der Waals surface area contributed by atoms with Gasteiger partial charge in [-0.3, -0.25) is 14.9 Å². The predicted molar refractivity (Wildman–Crippen MR) is 72.9 cm³/mol. The number of carbonyl (C=O) groups excluding carboxylic acids is 1. The number of halogens is 1. The summed E-state index contributed by atoms with van der Waals surface area (Å²) in [6, 6.07) is 2.54. The number of carbonyl (C=O) groups is 1. The second-order valence-electron chi connectivity index (χ2n) is 3.99. The molecular formula is C11H14FN3O5S. The molecule has 0 aliphatic heterocycles. The van der Waals surface area contributed by atoms with Crippen molar-refractivity contribution in [2.24, 2.45) is 0 Å². The molecule has 10 heteroatoms. The van der Waals surface area contributed by atoms with Gasteiger partial charge >= 0.3 is 0 Å². The average Bonchev–Trinajstić information content (AvgIpc) is 2.38. The first-order valence-corrected chi connectivity index (χ1v) is 7.61. The Morgan fingerprint density at radius 2 is 2.10 bits per heavy atom. The van der Waals surface area contributed by atoms with Crippen molar-refractivity contribution >= 4 is 21.6 Å². The van der Waals surface area contributed by atoms with Gasteiger partial charge in [-0.1, -0.05) is 6.92 Å². The number of nitro benzene ring substituents is 1. The summed E-state index contributed by atoms with van der Waals surface area (Å²) in [5.41, 5.74) is -0.938. The minimum atomic E-state index is -3.51. The molecule has 0 spiro atoms. The summed E-state index contributed by atoms with van der Waals surface area (Å²) >= 11 is 0. The second kappa shape index (κ2) is 7.09. The molecule has 0 heterocycles. The van der Waals surface area contributed by atoms with Crippen LogP contribution in [0.5, 0.6) is 0 Å². The number of rotatable bonds is 7. The van der Waals surface area contributed by atoms with Crippen molar-refractivity contribution in [3.05, 3.63) is 39.7 Å². The zero-order valence-corrected chi connectivity index (χ0v) is 11.9. The van der Waals surface area contributed by atoms with Gasteiger partial charge in [-0.2, -0.15) is 0 Å². The van der Waals surface area contributed by atoms with Gasteiger partial charge in [0.15, 0.2) is 0 Å². The van der Waals surface area contributed by atoms with Crippen LogP contribution in [0.2, 0.25) is 0 Å². The number of nitrogens with zero attached hydrogens (tertiary/aromatic N) is 1. The standard InChI is InChI=1S/C11H14FN3O5S/c1-2-14-21(19,20)6-5-13-11(16)9-7-8(15(17)18)3-4-10(9)12/h3-4,7,14H,2,5-6H2,1H3,(H,13,16). The van der Waals surface area contributed by atoms with Gasteiger partial charge in [0.25, 0.3) is 11.6 Å². The van der Waals surface area contributed by atoms with Crippen LogP contribution in [0.25, 0.3) is 0 Å². The molecule has 1 rings (SSSR count). The lowest BCUT2D eigenvalue weighted by atomic mass is 10.2. The Kier molecular flexibility index (Phi) is 5.73. The Balaban J connectivity index is 2.72. The van der Waals surface area contributed by atoms with Crippen molar-refractivity contribution in [1.29, 1.82) is 0 Å². The monoisotopic (exact) mass is 319 g/mol. The molecule has 21 heavy (non-hydrogen) atoms. The maximum absolute atomic E-state index is 13.5. The Labute approximate surface area is 120 Å². The van der Waals surface area contributed by atoms with E-state index in [-0.39, 0.29) is 18.8 Å². The minimum absolute atomic E-state index is 0.218. The second-order valence-corrected chi connectivity index (χ2v) is 5.92. The summed E-state index contributed by atoms with van der Waals surface area (Å²) in [5.74, 6) is -2.21. The highest BCUT2D eigenvalue weighted by molar-refractivity contribution is 7.89. The highest BCUT2D eigenvalue weighted by Crippen LogP contribution is 2.16. The average molecular weight is 319 g/mol. The molecule has 1 amide bonds. The Bertz CT molecular complexity index is 647. The van der Waals surface area contributed by atoms with E-state index in [9.17, 15) is 27.7 Å². The normalized spacial score (nSPS) is 11.1. The first-order chi connectivity index (χ1) is 9.76. The quantitative estimate of drug-likeness (QED) is 0.557. The van der Waals surface area contributed by atoms with Crippen LogP contribution in [-0.4, -0.2) is 38.1 Å². The summed E-state index contributed by atoms with van der Waals surface area (Å²) in [4.78, 5) is 21.5. The van der Waals surface area contributed by atoms with Crippen LogP contribution in [0.4, 0.5) is 10.1 Å². The van der Waals surface area contributed by atoms with Gasteiger partial charge in [-0.05, 0) is 6.07 Å². The third-order valence-electron chi connectivity index (χ3n) is 2.43. The van der Waals surface area contributed by atoms with Crippen molar-refractivity contribution in [1.82, 2.24) is 10.0 Å². The van der Waals surface area contributed by atoms with E-state index in [2.05, 4.69) is 10.0 Å². The van der Waals surface area contributed by atoms with E-state index in [1.807, 2.05) is 0 Å². The summed E-state index contributed by atoms with van der Waals surface area (Å²) in [7, 11) is -3.51.